The van der Waals surface area contributed by atoms with Gasteiger partial charge in [0, 0.05) is 18.8 Å². The molecule has 0 saturated heterocycles. The van der Waals surface area contributed by atoms with Gasteiger partial charge in [0.25, 0.3) is 0 Å². The van der Waals surface area contributed by atoms with Crippen molar-refractivity contribution in [3.05, 3.63) is 11.3 Å². The Labute approximate surface area is 117 Å². The number of carbonyl (C=O) groups is 1. The van der Waals surface area contributed by atoms with Crippen LogP contribution >= 0.6 is 0 Å². The quantitative estimate of drug-likeness (QED) is 0.713. The lowest BCUT2D eigenvalue weighted by molar-refractivity contribution is -0.148. The normalized spacial score (nSPS) is 23.3. The van der Waals surface area contributed by atoms with Gasteiger partial charge in [-0.3, -0.25) is 4.79 Å². The van der Waals surface area contributed by atoms with Crippen molar-refractivity contribution in [2.24, 2.45) is 5.92 Å². The highest BCUT2D eigenvalue weighted by atomic mass is 16.5. The predicted octanol–water partition coefficient (Wildman–Crippen LogP) is 3.50. The fourth-order valence-corrected chi connectivity index (χ4v) is 3.28. The van der Waals surface area contributed by atoms with Crippen LogP contribution in [0.5, 0.6) is 0 Å². The van der Waals surface area contributed by atoms with Gasteiger partial charge >= 0.3 is 5.97 Å². The third-order valence-electron chi connectivity index (χ3n) is 4.27. The zero-order valence-electron chi connectivity index (χ0n) is 12.4. The van der Waals surface area contributed by atoms with Crippen LogP contribution in [0.4, 0.5) is 0 Å². The van der Waals surface area contributed by atoms with E-state index in [4.69, 9.17) is 4.74 Å². The SMILES string of the molecule is CCCCN1CC(C(=O)OCC)CC2=C1CCCC2. The molecular formula is C16H27NO2. The number of nitrogens with zero attached hydrogens (tertiary/aromatic N) is 1. The number of esters is 1. The van der Waals surface area contributed by atoms with Crippen LogP contribution in [0, 0.1) is 5.92 Å². The topological polar surface area (TPSA) is 29.5 Å². The van der Waals surface area contributed by atoms with Gasteiger partial charge in [-0.1, -0.05) is 18.9 Å². The lowest BCUT2D eigenvalue weighted by atomic mass is 9.84. The lowest BCUT2D eigenvalue weighted by Crippen LogP contribution is -2.39. The van der Waals surface area contributed by atoms with Crippen molar-refractivity contribution < 1.29 is 9.53 Å². The summed E-state index contributed by atoms with van der Waals surface area (Å²) in [6, 6.07) is 0. The van der Waals surface area contributed by atoms with Crippen molar-refractivity contribution in [3.63, 3.8) is 0 Å². The number of allylic oxidation sites excluding steroid dienone is 2. The van der Waals surface area contributed by atoms with Crippen LogP contribution in [0.2, 0.25) is 0 Å². The van der Waals surface area contributed by atoms with Crippen LogP contribution in [-0.4, -0.2) is 30.6 Å². The van der Waals surface area contributed by atoms with E-state index >= 15 is 0 Å². The van der Waals surface area contributed by atoms with Gasteiger partial charge in [0.05, 0.1) is 12.5 Å². The summed E-state index contributed by atoms with van der Waals surface area (Å²) in [7, 11) is 0. The maximum atomic E-state index is 12.0. The molecule has 0 bridgehead atoms. The molecule has 0 radical (unpaired) electrons. The second kappa shape index (κ2) is 6.97. The monoisotopic (exact) mass is 265 g/mol. The lowest BCUT2D eigenvalue weighted by Gasteiger charge is -2.39. The molecular weight excluding hydrogens is 238 g/mol. The first-order chi connectivity index (χ1) is 9.26. The predicted molar refractivity (Wildman–Crippen MR) is 76.7 cm³/mol. The van der Waals surface area contributed by atoms with Gasteiger partial charge in [0.15, 0.2) is 0 Å². The van der Waals surface area contributed by atoms with E-state index in [1.165, 1.54) is 44.1 Å². The molecule has 0 saturated carbocycles. The number of carbonyl (C=O) groups excluding carboxylic acids is 1. The van der Waals surface area contributed by atoms with Gasteiger partial charge in [-0.25, -0.2) is 0 Å². The van der Waals surface area contributed by atoms with E-state index in [2.05, 4.69) is 11.8 Å². The summed E-state index contributed by atoms with van der Waals surface area (Å²) in [5.41, 5.74) is 3.09. The van der Waals surface area contributed by atoms with E-state index in [9.17, 15) is 4.79 Å². The smallest absolute Gasteiger partial charge is 0.311 e. The molecule has 2 aliphatic rings. The average molecular weight is 265 g/mol. The third kappa shape index (κ3) is 3.52. The van der Waals surface area contributed by atoms with Gasteiger partial charge in [-0.05, 0) is 45.4 Å². The summed E-state index contributed by atoms with van der Waals surface area (Å²) in [4.78, 5) is 14.5. The highest BCUT2D eigenvalue weighted by Gasteiger charge is 2.32. The Morgan fingerprint density at radius 1 is 1.32 bits per heavy atom. The Morgan fingerprint density at radius 2 is 2.11 bits per heavy atom. The van der Waals surface area contributed by atoms with Crippen LogP contribution < -0.4 is 0 Å². The standard InChI is InChI=1S/C16H27NO2/c1-3-5-10-17-12-14(16(18)19-4-2)11-13-8-6-7-9-15(13)17/h14H,3-12H2,1-2H3. The van der Waals surface area contributed by atoms with Crippen LogP contribution in [0.1, 0.15) is 58.8 Å². The number of hydrogen-bond donors (Lipinski definition) is 0. The first-order valence-electron chi connectivity index (χ1n) is 7.88. The Bertz CT molecular complexity index is 349. The molecule has 0 aromatic rings. The van der Waals surface area contributed by atoms with E-state index in [1.54, 1.807) is 5.70 Å². The largest absolute Gasteiger partial charge is 0.466 e. The molecule has 1 unspecified atom stereocenters. The molecule has 1 aliphatic heterocycles. The molecule has 0 aromatic carbocycles. The summed E-state index contributed by atoms with van der Waals surface area (Å²) >= 11 is 0. The molecule has 0 aromatic heterocycles. The van der Waals surface area contributed by atoms with Gasteiger partial charge in [0.2, 0.25) is 0 Å². The number of rotatable bonds is 5. The summed E-state index contributed by atoms with van der Waals surface area (Å²) in [6.07, 6.45) is 8.37. The molecule has 3 nitrogen and oxygen atoms in total. The Balaban J connectivity index is 2.08. The maximum Gasteiger partial charge on any atom is 0.311 e. The summed E-state index contributed by atoms with van der Waals surface area (Å²) in [5.74, 6) is 0.0646. The van der Waals surface area contributed by atoms with Crippen LogP contribution in [-0.2, 0) is 9.53 Å². The molecule has 108 valence electrons. The van der Waals surface area contributed by atoms with Crippen molar-refractivity contribution >= 4 is 5.97 Å². The highest BCUT2D eigenvalue weighted by Crippen LogP contribution is 2.36. The van der Waals surface area contributed by atoms with Crippen molar-refractivity contribution in [2.75, 3.05) is 19.7 Å². The number of hydrogen-bond acceptors (Lipinski definition) is 3. The van der Waals surface area contributed by atoms with Crippen LogP contribution in [0.3, 0.4) is 0 Å². The van der Waals surface area contributed by atoms with E-state index in [0.717, 1.165) is 19.5 Å². The van der Waals surface area contributed by atoms with Gasteiger partial charge in [-0.2, -0.15) is 0 Å². The Hall–Kier alpha value is -0.990. The minimum Gasteiger partial charge on any atom is -0.466 e. The molecule has 3 heteroatoms. The van der Waals surface area contributed by atoms with Crippen molar-refractivity contribution in [3.8, 4) is 0 Å². The maximum absolute atomic E-state index is 12.0. The van der Waals surface area contributed by atoms with Gasteiger partial charge in [0.1, 0.15) is 0 Å². The minimum absolute atomic E-state index is 0.00104. The first kappa shape index (κ1) is 14.4. The number of ether oxygens (including phenoxy) is 1. The van der Waals surface area contributed by atoms with Crippen LogP contribution in [0.25, 0.3) is 0 Å². The fraction of sp³-hybridized carbons (Fsp3) is 0.812. The van der Waals surface area contributed by atoms with Gasteiger partial charge < -0.3 is 9.64 Å². The zero-order chi connectivity index (χ0) is 13.7. The zero-order valence-corrected chi connectivity index (χ0v) is 12.4. The number of unbranched alkanes of at least 4 members (excludes halogenated alkanes) is 1. The Kier molecular flexibility index (Phi) is 5.29. The summed E-state index contributed by atoms with van der Waals surface area (Å²) < 4.78 is 5.23. The highest BCUT2D eigenvalue weighted by molar-refractivity contribution is 5.73. The summed E-state index contributed by atoms with van der Waals surface area (Å²) in [6.45, 7) is 6.59. The van der Waals surface area contributed by atoms with E-state index in [0.29, 0.717) is 6.61 Å². The molecule has 0 N–H and O–H groups in total. The van der Waals surface area contributed by atoms with E-state index < -0.39 is 0 Å². The second-order valence-corrected chi connectivity index (χ2v) is 5.71. The molecule has 1 heterocycles. The van der Waals surface area contributed by atoms with E-state index in [-0.39, 0.29) is 11.9 Å². The van der Waals surface area contributed by atoms with Gasteiger partial charge in [-0.15, -0.1) is 0 Å². The van der Waals surface area contributed by atoms with E-state index in [1.807, 2.05) is 6.92 Å². The minimum atomic E-state index is 0.00104. The van der Waals surface area contributed by atoms with Crippen LogP contribution in [0.15, 0.2) is 11.3 Å². The Morgan fingerprint density at radius 3 is 2.84 bits per heavy atom. The summed E-state index contributed by atoms with van der Waals surface area (Å²) in [5, 5.41) is 0. The average Bonchev–Trinajstić information content (AvgIpc) is 2.44. The molecule has 0 fully saturated rings. The molecule has 0 spiro atoms. The fourth-order valence-electron chi connectivity index (χ4n) is 3.28. The van der Waals surface area contributed by atoms with Crippen molar-refractivity contribution in [2.45, 2.75) is 58.8 Å². The molecule has 19 heavy (non-hydrogen) atoms. The van der Waals surface area contributed by atoms with Crippen molar-refractivity contribution in [1.82, 2.24) is 4.90 Å². The molecule has 0 amide bonds. The molecule has 1 aliphatic carbocycles. The first-order valence-corrected chi connectivity index (χ1v) is 7.88. The third-order valence-corrected chi connectivity index (χ3v) is 4.27. The molecule has 1 atom stereocenters. The molecule has 2 rings (SSSR count). The van der Waals surface area contributed by atoms with Crippen molar-refractivity contribution in [1.29, 1.82) is 0 Å². The second-order valence-electron chi connectivity index (χ2n) is 5.71.